The standard InChI is InChI=1S/C20H23ClN4O3S/c21-16-14-15(3-4-17(16)23-9-12-29-13-10-23)22-20(27)25-7-5-24(6-8-25)19(26)18-2-1-11-28-18/h1-4,11,14H,5-10,12-13H2,(H,22,27). The van der Waals surface area contributed by atoms with Crippen LogP contribution in [-0.2, 0) is 0 Å². The molecule has 1 N–H and O–H groups in total. The average Bonchev–Trinajstić information content (AvgIpc) is 3.29. The molecule has 154 valence electrons. The molecule has 2 saturated heterocycles. The molecule has 1 aromatic heterocycles. The molecule has 2 fully saturated rings. The molecule has 2 aliphatic heterocycles. The number of benzene rings is 1. The molecule has 29 heavy (non-hydrogen) atoms. The number of nitrogens with one attached hydrogen (secondary N) is 1. The van der Waals surface area contributed by atoms with E-state index in [1.54, 1.807) is 28.0 Å². The first-order valence-corrected chi connectivity index (χ1v) is 11.2. The first kappa shape index (κ1) is 20.0. The molecular formula is C20H23ClN4O3S. The van der Waals surface area contributed by atoms with Crippen molar-refractivity contribution in [3.8, 4) is 0 Å². The van der Waals surface area contributed by atoms with Crippen molar-refractivity contribution in [1.29, 1.82) is 0 Å². The van der Waals surface area contributed by atoms with Crippen LogP contribution in [0.3, 0.4) is 0 Å². The van der Waals surface area contributed by atoms with Crippen molar-refractivity contribution in [3.05, 3.63) is 47.4 Å². The molecule has 0 saturated carbocycles. The largest absolute Gasteiger partial charge is 0.459 e. The third-order valence-electron chi connectivity index (χ3n) is 5.14. The van der Waals surface area contributed by atoms with Crippen molar-refractivity contribution in [2.24, 2.45) is 0 Å². The Hall–Kier alpha value is -2.32. The van der Waals surface area contributed by atoms with Crippen LogP contribution in [0.25, 0.3) is 0 Å². The predicted molar refractivity (Wildman–Crippen MR) is 116 cm³/mol. The Morgan fingerprint density at radius 3 is 2.38 bits per heavy atom. The number of halogens is 1. The lowest BCUT2D eigenvalue weighted by molar-refractivity contribution is 0.0640. The van der Waals surface area contributed by atoms with Crippen LogP contribution < -0.4 is 10.2 Å². The monoisotopic (exact) mass is 434 g/mol. The molecule has 2 aliphatic rings. The summed E-state index contributed by atoms with van der Waals surface area (Å²) in [6, 6.07) is 8.81. The summed E-state index contributed by atoms with van der Waals surface area (Å²) in [5, 5.41) is 3.55. The van der Waals surface area contributed by atoms with E-state index in [1.165, 1.54) is 6.26 Å². The maximum atomic E-state index is 12.6. The van der Waals surface area contributed by atoms with Gasteiger partial charge in [0.15, 0.2) is 5.76 Å². The van der Waals surface area contributed by atoms with Crippen LogP contribution in [0.2, 0.25) is 5.02 Å². The summed E-state index contributed by atoms with van der Waals surface area (Å²) in [4.78, 5) is 30.6. The number of thioether (sulfide) groups is 1. The van der Waals surface area contributed by atoms with Crippen molar-refractivity contribution in [3.63, 3.8) is 0 Å². The number of furan rings is 1. The summed E-state index contributed by atoms with van der Waals surface area (Å²) < 4.78 is 5.17. The number of carbonyl (C=O) groups is 2. The van der Waals surface area contributed by atoms with Gasteiger partial charge in [0.05, 0.1) is 17.0 Å². The van der Waals surface area contributed by atoms with Gasteiger partial charge in [-0.05, 0) is 30.3 Å². The van der Waals surface area contributed by atoms with Crippen LogP contribution in [0.15, 0.2) is 41.0 Å². The molecule has 3 heterocycles. The molecule has 0 atom stereocenters. The summed E-state index contributed by atoms with van der Waals surface area (Å²) >= 11 is 8.42. The van der Waals surface area contributed by atoms with Crippen LogP contribution in [-0.4, -0.2) is 72.5 Å². The summed E-state index contributed by atoms with van der Waals surface area (Å²) in [7, 11) is 0. The second-order valence-corrected chi connectivity index (χ2v) is 8.58. The van der Waals surface area contributed by atoms with Gasteiger partial charge in [0.1, 0.15) is 0 Å². The Bertz CT molecular complexity index is 863. The number of hydrogen-bond acceptors (Lipinski definition) is 5. The zero-order valence-corrected chi connectivity index (χ0v) is 17.5. The fourth-order valence-corrected chi connectivity index (χ4v) is 4.72. The molecule has 4 rings (SSSR count). The molecule has 0 spiro atoms. The molecule has 9 heteroatoms. The average molecular weight is 435 g/mol. The predicted octanol–water partition coefficient (Wildman–Crippen LogP) is 3.48. The van der Waals surface area contributed by atoms with Gasteiger partial charge in [-0.25, -0.2) is 4.79 Å². The molecule has 0 aliphatic carbocycles. The van der Waals surface area contributed by atoms with Crippen molar-refractivity contribution in [2.45, 2.75) is 0 Å². The maximum absolute atomic E-state index is 12.6. The molecule has 7 nitrogen and oxygen atoms in total. The zero-order chi connectivity index (χ0) is 20.2. The van der Waals surface area contributed by atoms with Crippen LogP contribution >= 0.6 is 23.4 Å². The van der Waals surface area contributed by atoms with Crippen LogP contribution in [0, 0.1) is 0 Å². The minimum absolute atomic E-state index is 0.145. The van der Waals surface area contributed by atoms with Gasteiger partial charge in [-0.15, -0.1) is 0 Å². The Morgan fingerprint density at radius 1 is 1.00 bits per heavy atom. The highest BCUT2D eigenvalue weighted by atomic mass is 35.5. The molecule has 0 radical (unpaired) electrons. The van der Waals surface area contributed by atoms with Crippen molar-refractivity contribution in [1.82, 2.24) is 9.80 Å². The summed E-state index contributed by atoms with van der Waals surface area (Å²) in [5.74, 6) is 2.38. The van der Waals surface area contributed by atoms with Crippen molar-refractivity contribution in [2.75, 3.05) is 61.0 Å². The molecule has 2 aromatic rings. The minimum Gasteiger partial charge on any atom is -0.459 e. The van der Waals surface area contributed by atoms with E-state index in [9.17, 15) is 9.59 Å². The first-order chi connectivity index (χ1) is 14.1. The molecule has 3 amide bonds. The van der Waals surface area contributed by atoms with Gasteiger partial charge in [0.2, 0.25) is 0 Å². The van der Waals surface area contributed by atoms with E-state index in [1.807, 2.05) is 23.9 Å². The third kappa shape index (κ3) is 4.64. The number of amides is 3. The maximum Gasteiger partial charge on any atom is 0.321 e. The zero-order valence-electron chi connectivity index (χ0n) is 16.0. The molecular weight excluding hydrogens is 412 g/mol. The van der Waals surface area contributed by atoms with E-state index in [0.29, 0.717) is 42.6 Å². The fraction of sp³-hybridized carbons (Fsp3) is 0.400. The lowest BCUT2D eigenvalue weighted by atomic mass is 10.2. The topological polar surface area (TPSA) is 69.0 Å². The SMILES string of the molecule is O=C(Nc1ccc(N2CCSCC2)c(Cl)c1)N1CCN(C(=O)c2ccco2)CC1. The Balaban J connectivity index is 1.32. The van der Waals surface area contributed by atoms with Crippen LogP contribution in [0.1, 0.15) is 10.6 Å². The Kier molecular flexibility index (Phi) is 6.20. The van der Waals surface area contributed by atoms with E-state index in [-0.39, 0.29) is 11.9 Å². The van der Waals surface area contributed by atoms with E-state index in [0.717, 1.165) is 30.3 Å². The molecule has 0 bridgehead atoms. The highest BCUT2D eigenvalue weighted by Gasteiger charge is 2.26. The quantitative estimate of drug-likeness (QED) is 0.801. The Morgan fingerprint density at radius 2 is 1.72 bits per heavy atom. The molecule has 1 aromatic carbocycles. The lowest BCUT2D eigenvalue weighted by Gasteiger charge is -2.34. The third-order valence-corrected chi connectivity index (χ3v) is 6.38. The Labute approximate surface area is 178 Å². The second-order valence-electron chi connectivity index (χ2n) is 6.95. The van der Waals surface area contributed by atoms with E-state index in [2.05, 4.69) is 10.2 Å². The second kappa shape index (κ2) is 9.00. The number of urea groups is 1. The van der Waals surface area contributed by atoms with E-state index < -0.39 is 0 Å². The highest BCUT2D eigenvalue weighted by molar-refractivity contribution is 7.99. The number of hydrogen-bond donors (Lipinski definition) is 1. The van der Waals surface area contributed by atoms with Crippen LogP contribution in [0.4, 0.5) is 16.2 Å². The smallest absolute Gasteiger partial charge is 0.321 e. The summed E-state index contributed by atoms with van der Waals surface area (Å²) in [6.45, 7) is 3.85. The van der Waals surface area contributed by atoms with Gasteiger partial charge in [-0.1, -0.05) is 11.6 Å². The minimum atomic E-state index is -0.187. The van der Waals surface area contributed by atoms with E-state index in [4.69, 9.17) is 16.0 Å². The van der Waals surface area contributed by atoms with Gasteiger partial charge >= 0.3 is 6.03 Å². The lowest BCUT2D eigenvalue weighted by Crippen LogP contribution is -2.51. The normalized spacial score (nSPS) is 17.3. The number of carbonyl (C=O) groups excluding carboxylic acids is 2. The van der Waals surface area contributed by atoms with Crippen molar-refractivity contribution < 1.29 is 14.0 Å². The summed E-state index contributed by atoms with van der Waals surface area (Å²) in [6.07, 6.45) is 1.48. The van der Waals surface area contributed by atoms with Gasteiger partial charge in [0, 0.05) is 56.5 Å². The van der Waals surface area contributed by atoms with Crippen molar-refractivity contribution >= 4 is 46.7 Å². The summed E-state index contributed by atoms with van der Waals surface area (Å²) in [5.41, 5.74) is 1.68. The van der Waals surface area contributed by atoms with E-state index >= 15 is 0 Å². The van der Waals surface area contributed by atoms with Crippen LogP contribution in [0.5, 0.6) is 0 Å². The highest BCUT2D eigenvalue weighted by Crippen LogP contribution is 2.30. The number of rotatable bonds is 3. The van der Waals surface area contributed by atoms with Gasteiger partial charge in [-0.2, -0.15) is 11.8 Å². The first-order valence-electron chi connectivity index (χ1n) is 9.63. The van der Waals surface area contributed by atoms with Gasteiger partial charge in [-0.3, -0.25) is 4.79 Å². The van der Waals surface area contributed by atoms with Gasteiger partial charge in [0.25, 0.3) is 5.91 Å². The fourth-order valence-electron chi connectivity index (χ4n) is 3.52. The molecule has 0 unspecified atom stereocenters. The number of piperazine rings is 1. The number of anilines is 2. The number of nitrogens with zero attached hydrogens (tertiary/aromatic N) is 3. The van der Waals surface area contributed by atoms with Gasteiger partial charge < -0.3 is 24.4 Å².